The summed E-state index contributed by atoms with van der Waals surface area (Å²) in [6, 6.07) is 6.63. The monoisotopic (exact) mass is 302 g/mol. The highest BCUT2D eigenvalue weighted by atomic mass is 32.2. The van der Waals surface area contributed by atoms with Crippen molar-refractivity contribution in [2.75, 3.05) is 6.61 Å². The summed E-state index contributed by atoms with van der Waals surface area (Å²) < 4.78 is 17.8. The number of hydrogen-bond donors (Lipinski definition) is 0. The Morgan fingerprint density at radius 3 is 3.10 bits per heavy atom. The second-order valence-electron chi connectivity index (χ2n) is 6.49. The second-order valence-corrected chi connectivity index (χ2v) is 8.42. The van der Waals surface area contributed by atoms with E-state index >= 15 is 0 Å². The number of allylic oxidation sites excluding steroid dienone is 1. The van der Waals surface area contributed by atoms with E-state index in [4.69, 9.17) is 4.74 Å². The van der Waals surface area contributed by atoms with E-state index in [1.165, 1.54) is 17.5 Å². The van der Waals surface area contributed by atoms with Crippen LogP contribution in [0.25, 0.3) is 0 Å². The van der Waals surface area contributed by atoms with Crippen LogP contribution in [0.2, 0.25) is 0 Å². The van der Waals surface area contributed by atoms with Crippen LogP contribution < -0.4 is 4.74 Å². The minimum Gasteiger partial charge on any atom is -0.493 e. The molecule has 1 saturated heterocycles. The zero-order valence-electron chi connectivity index (χ0n) is 12.3. The molecule has 3 heteroatoms. The normalized spacial score (nSPS) is 30.5. The van der Waals surface area contributed by atoms with Crippen LogP contribution in [0.15, 0.2) is 29.8 Å². The Hall–Kier alpha value is -1.09. The van der Waals surface area contributed by atoms with Crippen molar-refractivity contribution in [2.45, 2.75) is 55.4 Å². The molecule has 112 valence electrons. The summed E-state index contributed by atoms with van der Waals surface area (Å²) in [5, 5.41) is 0.790. The van der Waals surface area contributed by atoms with Gasteiger partial charge >= 0.3 is 0 Å². The third-order valence-electron chi connectivity index (χ3n) is 5.04. The van der Waals surface area contributed by atoms with Crippen molar-refractivity contribution in [3.05, 3.63) is 41.0 Å². The van der Waals surface area contributed by atoms with E-state index in [1.54, 1.807) is 5.57 Å². The molecule has 1 aromatic rings. The van der Waals surface area contributed by atoms with E-state index < -0.39 is 10.8 Å². The van der Waals surface area contributed by atoms with Crippen LogP contribution in [0.3, 0.4) is 0 Å². The summed E-state index contributed by atoms with van der Waals surface area (Å²) in [4.78, 5) is 0. The molecule has 3 aliphatic rings. The lowest BCUT2D eigenvalue weighted by atomic mass is 9.93. The number of ether oxygens (including phenoxy) is 1. The third-order valence-corrected chi connectivity index (χ3v) is 7.07. The fraction of sp³-hybridized carbons (Fsp3) is 0.556. The van der Waals surface area contributed by atoms with Gasteiger partial charge in [0, 0.05) is 22.5 Å². The van der Waals surface area contributed by atoms with Crippen molar-refractivity contribution >= 4 is 10.8 Å². The van der Waals surface area contributed by atoms with Crippen LogP contribution in [-0.4, -0.2) is 21.3 Å². The van der Waals surface area contributed by atoms with Crippen molar-refractivity contribution in [2.24, 2.45) is 0 Å². The molecule has 0 aromatic heterocycles. The molecule has 0 radical (unpaired) electrons. The smallest absolute Gasteiger partial charge is 0.122 e. The maximum Gasteiger partial charge on any atom is 0.122 e. The van der Waals surface area contributed by atoms with Crippen LogP contribution in [0, 0.1) is 0 Å². The maximum atomic E-state index is 12.2. The molecular weight excluding hydrogens is 280 g/mol. The van der Waals surface area contributed by atoms with Crippen LogP contribution in [-0.2, 0) is 23.6 Å². The number of fused-ring (bicyclic) bond motifs is 3. The molecule has 0 amide bonds. The minimum atomic E-state index is -0.598. The standard InChI is InChI=1S/C18H22O2S/c19-21-16-2-1-3-17(21)12-14(11-16)5-4-13-6-7-18-15(10-13)8-9-20-18/h6-7,10-11,16-17H,1-5,8-9,12H2. The first-order valence-corrected chi connectivity index (χ1v) is 9.41. The van der Waals surface area contributed by atoms with E-state index in [0.717, 1.165) is 50.9 Å². The minimum absolute atomic E-state index is 0.348. The summed E-state index contributed by atoms with van der Waals surface area (Å²) in [6.45, 7) is 0.832. The van der Waals surface area contributed by atoms with Gasteiger partial charge in [0.05, 0.1) is 11.9 Å². The van der Waals surface area contributed by atoms with E-state index in [2.05, 4.69) is 24.3 Å². The molecule has 3 unspecified atom stereocenters. The van der Waals surface area contributed by atoms with Crippen LogP contribution >= 0.6 is 0 Å². The average Bonchev–Trinajstić information content (AvgIpc) is 2.93. The van der Waals surface area contributed by atoms with Gasteiger partial charge < -0.3 is 4.74 Å². The molecule has 2 bridgehead atoms. The van der Waals surface area contributed by atoms with Crippen molar-refractivity contribution in [1.82, 2.24) is 0 Å². The number of benzene rings is 1. The molecule has 21 heavy (non-hydrogen) atoms. The van der Waals surface area contributed by atoms with Gasteiger partial charge in [-0.2, -0.15) is 0 Å². The van der Waals surface area contributed by atoms with E-state index in [0.29, 0.717) is 10.5 Å². The van der Waals surface area contributed by atoms with Crippen molar-refractivity contribution in [1.29, 1.82) is 0 Å². The highest BCUT2D eigenvalue weighted by Crippen LogP contribution is 2.35. The molecule has 3 atom stereocenters. The largest absolute Gasteiger partial charge is 0.493 e. The van der Waals surface area contributed by atoms with Crippen molar-refractivity contribution in [3.8, 4) is 5.75 Å². The van der Waals surface area contributed by atoms with E-state index in [9.17, 15) is 4.21 Å². The summed E-state index contributed by atoms with van der Waals surface area (Å²) in [5.74, 6) is 1.07. The van der Waals surface area contributed by atoms with Gasteiger partial charge in [-0.15, -0.1) is 0 Å². The lowest BCUT2D eigenvalue weighted by Crippen LogP contribution is -2.34. The topological polar surface area (TPSA) is 26.3 Å². The van der Waals surface area contributed by atoms with E-state index in [-0.39, 0.29) is 0 Å². The molecule has 1 fully saturated rings. The SMILES string of the molecule is O=S1C2C=C(CCc3ccc4c(c3)CCO4)CC1CCC2. The Balaban J connectivity index is 1.44. The number of aryl methyl sites for hydroxylation is 1. The van der Waals surface area contributed by atoms with Gasteiger partial charge in [0.2, 0.25) is 0 Å². The first-order chi connectivity index (χ1) is 10.3. The Bertz CT molecular complexity index is 605. The first-order valence-electron chi connectivity index (χ1n) is 8.13. The molecule has 1 aromatic carbocycles. The summed E-state index contributed by atoms with van der Waals surface area (Å²) in [6.07, 6.45) is 10.2. The molecule has 4 rings (SSSR count). The van der Waals surface area contributed by atoms with Gasteiger partial charge in [0.1, 0.15) is 5.75 Å². The lowest BCUT2D eigenvalue weighted by molar-refractivity contribution is 0.357. The summed E-state index contributed by atoms with van der Waals surface area (Å²) >= 11 is 0. The zero-order valence-corrected chi connectivity index (χ0v) is 13.2. The fourth-order valence-electron chi connectivity index (χ4n) is 3.87. The Morgan fingerprint density at radius 2 is 2.19 bits per heavy atom. The highest BCUT2D eigenvalue weighted by molar-refractivity contribution is 7.86. The molecule has 0 aliphatic carbocycles. The summed E-state index contributed by atoms with van der Waals surface area (Å²) in [7, 11) is -0.598. The molecular formula is C18H22O2S. The second kappa shape index (κ2) is 5.60. The van der Waals surface area contributed by atoms with Crippen LogP contribution in [0.1, 0.15) is 43.2 Å². The van der Waals surface area contributed by atoms with E-state index in [1.807, 2.05) is 0 Å². The van der Waals surface area contributed by atoms with Gasteiger partial charge in [-0.05, 0) is 49.3 Å². The van der Waals surface area contributed by atoms with Gasteiger partial charge in [0.25, 0.3) is 0 Å². The number of hydrogen-bond acceptors (Lipinski definition) is 2. The van der Waals surface area contributed by atoms with Crippen LogP contribution in [0.4, 0.5) is 0 Å². The van der Waals surface area contributed by atoms with Crippen LogP contribution in [0.5, 0.6) is 5.75 Å². The highest BCUT2D eigenvalue weighted by Gasteiger charge is 2.32. The molecule has 0 saturated carbocycles. The fourth-order valence-corrected chi connectivity index (χ4v) is 5.87. The van der Waals surface area contributed by atoms with Crippen molar-refractivity contribution in [3.63, 3.8) is 0 Å². The molecule has 2 nitrogen and oxygen atoms in total. The summed E-state index contributed by atoms with van der Waals surface area (Å²) in [5.41, 5.74) is 4.32. The predicted octanol–water partition coefficient (Wildman–Crippen LogP) is 3.55. The van der Waals surface area contributed by atoms with Crippen molar-refractivity contribution < 1.29 is 8.95 Å². The molecule has 0 N–H and O–H groups in total. The van der Waals surface area contributed by atoms with Gasteiger partial charge in [0.15, 0.2) is 0 Å². The zero-order chi connectivity index (χ0) is 14.2. The molecule has 3 aliphatic heterocycles. The Kier molecular flexibility index (Phi) is 3.62. The Labute approximate surface area is 129 Å². The predicted molar refractivity (Wildman–Crippen MR) is 86.2 cm³/mol. The third kappa shape index (κ3) is 2.68. The Morgan fingerprint density at radius 1 is 1.24 bits per heavy atom. The number of rotatable bonds is 3. The van der Waals surface area contributed by atoms with Gasteiger partial charge in [-0.25, -0.2) is 0 Å². The maximum absolute atomic E-state index is 12.2. The molecule has 0 spiro atoms. The molecule has 3 heterocycles. The quantitative estimate of drug-likeness (QED) is 0.798. The van der Waals surface area contributed by atoms with Gasteiger partial charge in [-0.3, -0.25) is 4.21 Å². The average molecular weight is 302 g/mol. The first kappa shape index (κ1) is 13.6. The lowest BCUT2D eigenvalue weighted by Gasteiger charge is -2.32. The van der Waals surface area contributed by atoms with Gasteiger partial charge in [-0.1, -0.05) is 30.2 Å².